The Morgan fingerprint density at radius 3 is 2.12 bits per heavy atom. The maximum atomic E-state index is 12.0. The number of hydrogen-bond acceptors (Lipinski definition) is 2. The zero-order chi connectivity index (χ0) is 18.2. The molecule has 0 radical (unpaired) electrons. The lowest BCUT2D eigenvalue weighted by Crippen LogP contribution is -2.23. The SMILES string of the molecule is O=C(/C=C/c1ccc(Br)o1)NCCC(c1ccccc1)c1ccccc1. The zero-order valence-corrected chi connectivity index (χ0v) is 15.9. The number of furan rings is 1. The first kappa shape index (κ1) is 18.2. The van der Waals surface area contributed by atoms with Crippen molar-refractivity contribution in [2.24, 2.45) is 0 Å². The maximum Gasteiger partial charge on any atom is 0.244 e. The zero-order valence-electron chi connectivity index (χ0n) is 14.3. The van der Waals surface area contributed by atoms with Crippen molar-refractivity contribution in [3.63, 3.8) is 0 Å². The van der Waals surface area contributed by atoms with Crippen molar-refractivity contribution in [1.82, 2.24) is 5.32 Å². The number of nitrogens with one attached hydrogen (secondary N) is 1. The highest BCUT2D eigenvalue weighted by atomic mass is 79.9. The summed E-state index contributed by atoms with van der Waals surface area (Å²) in [7, 11) is 0. The van der Waals surface area contributed by atoms with Crippen LogP contribution in [-0.2, 0) is 4.79 Å². The fraction of sp³-hybridized carbons (Fsp3) is 0.136. The summed E-state index contributed by atoms with van der Waals surface area (Å²) >= 11 is 3.24. The lowest BCUT2D eigenvalue weighted by molar-refractivity contribution is -0.116. The van der Waals surface area contributed by atoms with Crippen molar-refractivity contribution < 1.29 is 9.21 Å². The van der Waals surface area contributed by atoms with E-state index in [2.05, 4.69) is 45.5 Å². The molecule has 0 aliphatic rings. The molecule has 0 spiro atoms. The Kier molecular flexibility index (Phi) is 6.45. The normalized spacial score (nSPS) is 11.2. The largest absolute Gasteiger partial charge is 0.450 e. The summed E-state index contributed by atoms with van der Waals surface area (Å²) in [5.74, 6) is 0.763. The highest BCUT2D eigenvalue weighted by molar-refractivity contribution is 9.10. The maximum absolute atomic E-state index is 12.0. The van der Waals surface area contributed by atoms with Gasteiger partial charge in [-0.15, -0.1) is 0 Å². The second kappa shape index (κ2) is 9.20. The molecule has 3 rings (SSSR count). The number of halogens is 1. The molecule has 0 aliphatic heterocycles. The third-order valence-electron chi connectivity index (χ3n) is 4.13. The highest BCUT2D eigenvalue weighted by Crippen LogP contribution is 2.27. The molecule has 0 fully saturated rings. The Hall–Kier alpha value is -2.59. The fourth-order valence-electron chi connectivity index (χ4n) is 2.87. The molecule has 0 unspecified atom stereocenters. The molecule has 0 saturated carbocycles. The second-order valence-electron chi connectivity index (χ2n) is 5.93. The van der Waals surface area contributed by atoms with Gasteiger partial charge in [0.1, 0.15) is 5.76 Å². The number of amides is 1. The van der Waals surface area contributed by atoms with Gasteiger partial charge in [-0.1, -0.05) is 60.7 Å². The first-order valence-corrected chi connectivity index (χ1v) is 9.33. The Balaban J connectivity index is 1.60. The molecular weight excluding hydrogens is 390 g/mol. The standard InChI is InChI=1S/C22H20BrNO2/c23-21-13-11-19(26-21)12-14-22(25)24-16-15-20(17-7-3-1-4-8-17)18-9-5-2-6-10-18/h1-14,20H,15-16H2,(H,24,25)/b14-12+. The van der Waals surface area contributed by atoms with Gasteiger partial charge in [-0.3, -0.25) is 4.79 Å². The number of carbonyl (C=O) groups is 1. The van der Waals surface area contributed by atoms with E-state index in [1.54, 1.807) is 18.2 Å². The molecule has 26 heavy (non-hydrogen) atoms. The van der Waals surface area contributed by atoms with Gasteiger partial charge in [-0.05, 0) is 51.7 Å². The van der Waals surface area contributed by atoms with E-state index in [0.717, 1.165) is 6.42 Å². The van der Waals surface area contributed by atoms with Crippen molar-refractivity contribution in [1.29, 1.82) is 0 Å². The molecule has 1 N–H and O–H groups in total. The predicted molar refractivity (Wildman–Crippen MR) is 108 cm³/mol. The van der Waals surface area contributed by atoms with Crippen LogP contribution in [-0.4, -0.2) is 12.5 Å². The Morgan fingerprint density at radius 1 is 0.962 bits per heavy atom. The molecule has 3 nitrogen and oxygen atoms in total. The Bertz CT molecular complexity index is 817. The molecule has 1 amide bonds. The van der Waals surface area contributed by atoms with Crippen molar-refractivity contribution in [2.45, 2.75) is 12.3 Å². The molecule has 2 aromatic carbocycles. The van der Waals surface area contributed by atoms with Crippen LogP contribution in [0.5, 0.6) is 0 Å². The molecule has 4 heteroatoms. The monoisotopic (exact) mass is 409 g/mol. The average molecular weight is 410 g/mol. The van der Waals surface area contributed by atoms with E-state index < -0.39 is 0 Å². The molecule has 1 aromatic heterocycles. The van der Waals surface area contributed by atoms with E-state index in [-0.39, 0.29) is 11.8 Å². The number of rotatable bonds is 7. The van der Waals surface area contributed by atoms with Crippen LogP contribution in [0.15, 0.2) is 88.0 Å². The van der Waals surface area contributed by atoms with Gasteiger partial charge in [0.25, 0.3) is 0 Å². The molecule has 132 valence electrons. The van der Waals surface area contributed by atoms with Gasteiger partial charge in [0, 0.05) is 18.5 Å². The van der Waals surface area contributed by atoms with E-state index in [1.165, 1.54) is 17.2 Å². The van der Waals surface area contributed by atoms with E-state index in [4.69, 9.17) is 4.42 Å². The molecule has 0 bridgehead atoms. The topological polar surface area (TPSA) is 42.2 Å². The van der Waals surface area contributed by atoms with E-state index in [9.17, 15) is 4.79 Å². The van der Waals surface area contributed by atoms with E-state index >= 15 is 0 Å². The van der Waals surface area contributed by atoms with Crippen LogP contribution in [0.1, 0.15) is 29.2 Å². The molecular formula is C22H20BrNO2. The van der Waals surface area contributed by atoms with Crippen molar-refractivity contribution in [2.75, 3.05) is 6.54 Å². The number of carbonyl (C=O) groups excluding carboxylic acids is 1. The van der Waals surface area contributed by atoms with Gasteiger partial charge < -0.3 is 9.73 Å². The molecule has 0 atom stereocenters. The minimum Gasteiger partial charge on any atom is -0.450 e. The van der Waals surface area contributed by atoms with E-state index in [1.807, 2.05) is 36.4 Å². The lowest BCUT2D eigenvalue weighted by atomic mass is 9.88. The van der Waals surface area contributed by atoms with Crippen LogP contribution in [0.3, 0.4) is 0 Å². The Morgan fingerprint density at radius 2 is 1.58 bits per heavy atom. The summed E-state index contributed by atoms with van der Waals surface area (Å²) in [5, 5.41) is 2.95. The van der Waals surface area contributed by atoms with Gasteiger partial charge in [-0.25, -0.2) is 0 Å². The van der Waals surface area contributed by atoms with Crippen LogP contribution in [0, 0.1) is 0 Å². The minimum atomic E-state index is -0.127. The summed E-state index contributed by atoms with van der Waals surface area (Å²) in [4.78, 5) is 12.0. The fourth-order valence-corrected chi connectivity index (χ4v) is 3.19. The van der Waals surface area contributed by atoms with Crippen LogP contribution < -0.4 is 5.32 Å². The highest BCUT2D eigenvalue weighted by Gasteiger charge is 2.13. The van der Waals surface area contributed by atoms with Crippen molar-refractivity contribution >= 4 is 27.9 Å². The summed E-state index contributed by atoms with van der Waals surface area (Å²) in [6.07, 6.45) is 3.98. The second-order valence-corrected chi connectivity index (χ2v) is 6.71. The molecule has 0 aliphatic carbocycles. The molecule has 1 heterocycles. The minimum absolute atomic E-state index is 0.127. The quantitative estimate of drug-likeness (QED) is 0.531. The third-order valence-corrected chi connectivity index (χ3v) is 4.56. The summed E-state index contributed by atoms with van der Waals surface area (Å²) in [5.41, 5.74) is 2.51. The van der Waals surface area contributed by atoms with Gasteiger partial charge in [0.15, 0.2) is 4.67 Å². The summed E-state index contributed by atoms with van der Waals surface area (Å²) < 4.78 is 5.99. The third kappa shape index (κ3) is 5.20. The van der Waals surface area contributed by atoms with Crippen LogP contribution >= 0.6 is 15.9 Å². The predicted octanol–water partition coefficient (Wildman–Crippen LogP) is 5.39. The van der Waals surface area contributed by atoms with Crippen molar-refractivity contribution in [3.05, 3.63) is 100 Å². The van der Waals surface area contributed by atoms with Gasteiger partial charge in [-0.2, -0.15) is 0 Å². The van der Waals surface area contributed by atoms with Gasteiger partial charge in [0.2, 0.25) is 5.91 Å². The van der Waals surface area contributed by atoms with E-state index in [0.29, 0.717) is 17.0 Å². The van der Waals surface area contributed by atoms with Crippen molar-refractivity contribution in [3.8, 4) is 0 Å². The van der Waals surface area contributed by atoms with Crippen LogP contribution in [0.25, 0.3) is 6.08 Å². The van der Waals surface area contributed by atoms with Gasteiger partial charge >= 0.3 is 0 Å². The molecule has 0 saturated heterocycles. The summed E-state index contributed by atoms with van der Waals surface area (Å²) in [6.45, 7) is 0.597. The number of benzene rings is 2. The van der Waals surface area contributed by atoms with Crippen LogP contribution in [0.2, 0.25) is 0 Å². The molecule has 3 aromatic rings. The smallest absolute Gasteiger partial charge is 0.244 e. The number of hydrogen-bond donors (Lipinski definition) is 1. The first-order valence-electron chi connectivity index (χ1n) is 8.53. The van der Waals surface area contributed by atoms with Gasteiger partial charge in [0.05, 0.1) is 0 Å². The first-order chi connectivity index (χ1) is 12.7. The lowest BCUT2D eigenvalue weighted by Gasteiger charge is -2.18. The Labute approximate surface area is 161 Å². The van der Waals surface area contributed by atoms with Crippen LogP contribution in [0.4, 0.5) is 0 Å². The average Bonchev–Trinajstić information content (AvgIpc) is 3.10. The summed E-state index contributed by atoms with van der Waals surface area (Å²) in [6, 6.07) is 24.4.